The number of allylic oxidation sites excluding steroid dienone is 1. The number of aromatic nitrogens is 2. The van der Waals surface area contributed by atoms with Crippen LogP contribution < -0.4 is 21.9 Å². The summed E-state index contributed by atoms with van der Waals surface area (Å²) in [5.74, 6) is -1.35. The van der Waals surface area contributed by atoms with Gasteiger partial charge in [0.2, 0.25) is 11.8 Å². The summed E-state index contributed by atoms with van der Waals surface area (Å²) in [6.45, 7) is 2.52. The molecule has 1 aromatic rings. The van der Waals surface area contributed by atoms with Crippen LogP contribution in [0.4, 0.5) is 0 Å². The lowest BCUT2D eigenvalue weighted by Crippen LogP contribution is -2.68. The van der Waals surface area contributed by atoms with E-state index in [-0.39, 0.29) is 24.0 Å². The van der Waals surface area contributed by atoms with Crippen molar-refractivity contribution in [1.29, 1.82) is 0 Å². The van der Waals surface area contributed by atoms with Gasteiger partial charge in [0.15, 0.2) is 18.8 Å². The smallest absolute Gasteiger partial charge is 0.330 e. The van der Waals surface area contributed by atoms with E-state index in [0.29, 0.717) is 6.42 Å². The minimum atomic E-state index is -1.85. The minimum absolute atomic E-state index is 0. The molecule has 4 heterocycles. The number of H-pyrrole nitrogens is 1. The van der Waals surface area contributed by atoms with E-state index in [2.05, 4.69) is 17.6 Å². The van der Waals surface area contributed by atoms with Crippen molar-refractivity contribution in [3.63, 3.8) is 0 Å². The first kappa shape index (κ1) is 50.0. The van der Waals surface area contributed by atoms with Gasteiger partial charge in [-0.2, -0.15) is 0 Å². The average Bonchev–Trinajstić information content (AvgIpc) is 3.46. The lowest BCUT2D eigenvalue weighted by atomic mass is 9.91. The van der Waals surface area contributed by atoms with Gasteiger partial charge >= 0.3 is 5.69 Å². The van der Waals surface area contributed by atoms with Crippen LogP contribution >= 0.6 is 24.0 Å². The second-order valence-electron chi connectivity index (χ2n) is 14.9. The monoisotopic (exact) mass is 943 g/mol. The summed E-state index contributed by atoms with van der Waals surface area (Å²) >= 11 is 0. The fourth-order valence-electron chi connectivity index (χ4n) is 7.32. The van der Waals surface area contributed by atoms with Crippen LogP contribution in [0.15, 0.2) is 34.0 Å². The van der Waals surface area contributed by atoms with E-state index in [9.17, 15) is 60.0 Å². The molecule has 3 fully saturated rings. The molecule has 2 amide bonds. The van der Waals surface area contributed by atoms with Gasteiger partial charge < -0.3 is 70.4 Å². The second-order valence-corrected chi connectivity index (χ2v) is 14.9. The number of amides is 2. The normalized spacial score (nSPS) is 34.4. The highest BCUT2D eigenvalue weighted by Gasteiger charge is 2.53. The zero-order chi connectivity index (χ0) is 41.8. The topological polar surface area (TPSA) is 312 Å². The third-order valence-electron chi connectivity index (χ3n) is 10.5. The lowest BCUT2D eigenvalue weighted by Gasteiger charge is -2.47. The number of aliphatic hydroxyl groups excluding tert-OH is 8. The number of ether oxygens (including phenoxy) is 4. The third-order valence-corrected chi connectivity index (χ3v) is 10.5. The lowest BCUT2D eigenvalue weighted by molar-refractivity contribution is -0.346. The van der Waals surface area contributed by atoms with Gasteiger partial charge in [0.05, 0.1) is 18.8 Å². The van der Waals surface area contributed by atoms with Gasteiger partial charge in [-0.3, -0.25) is 23.9 Å². The SMILES string of the molecule is CCCCCCCCCCC/C=C/C(=O)N[C@@H]1[C@@H](O[C@@H]2O[C@@H](CO)[C@H](O)[C@@H](O)[C@@H]2NC(C)=O)O[C@@H](C[C@H](O)[C@@H]2O[C@H](n3ccc(=O)[nH]c3=O)[C@@H](O)[C@H]2O)[C@@H](O)[C@H]1O.[I]. The van der Waals surface area contributed by atoms with Gasteiger partial charge in [0.25, 0.3) is 5.56 Å². The molecule has 0 bridgehead atoms. The summed E-state index contributed by atoms with van der Waals surface area (Å²) in [7, 11) is 0. The van der Waals surface area contributed by atoms with Crippen molar-refractivity contribution in [2.45, 2.75) is 176 Å². The standard InChI is InChI=1S/C37H60N4O16.I/c1-3-4-5-6-7-8-9-10-11-12-13-14-23(45)39-26-30(50)27(47)21(54-36(26)57-35-25(38-19(2)43)29(49)28(48)22(18-42)55-35)17-20(44)33-31(51)32(52)34(56-33)41-16-15-24(46)40-37(41)53;/h13-16,20-22,25-36,42,44,47-52H,3-12,17-18H2,1-2H3,(H,38,43)(H,39,45)(H,40,46,53);/b14-13+;/t20-,21-,22-,25-,26-,27+,28-,29-,30-,31+,32-,33-,34-,35-,36+;/m0./s1. The Morgan fingerprint density at radius 1 is 0.828 bits per heavy atom. The Balaban J connectivity index is 0.00000900. The van der Waals surface area contributed by atoms with Crippen molar-refractivity contribution >= 4 is 35.8 Å². The van der Waals surface area contributed by atoms with Crippen LogP contribution in [0.2, 0.25) is 0 Å². The molecule has 20 nitrogen and oxygen atoms in total. The third kappa shape index (κ3) is 13.3. The number of halogens is 1. The van der Waals surface area contributed by atoms with Gasteiger partial charge in [-0.15, -0.1) is 0 Å². The summed E-state index contributed by atoms with van der Waals surface area (Å²) in [6.07, 6.45) is -7.70. The maximum absolute atomic E-state index is 13.1. The van der Waals surface area contributed by atoms with Crippen LogP contribution in [0.25, 0.3) is 0 Å². The summed E-state index contributed by atoms with van der Waals surface area (Å²) < 4.78 is 24.1. The molecule has 3 aliphatic rings. The maximum atomic E-state index is 13.1. The molecule has 58 heavy (non-hydrogen) atoms. The highest BCUT2D eigenvalue weighted by molar-refractivity contribution is 14.0. The molecule has 15 atom stereocenters. The van der Waals surface area contributed by atoms with Crippen molar-refractivity contribution in [3.05, 3.63) is 45.3 Å². The number of carbonyl (C=O) groups excluding carboxylic acids is 2. The fourth-order valence-corrected chi connectivity index (χ4v) is 7.32. The second kappa shape index (κ2) is 24.2. The average molecular weight is 944 g/mol. The molecule has 331 valence electrons. The molecule has 21 heteroatoms. The number of rotatable bonds is 20. The molecular weight excluding hydrogens is 883 g/mol. The molecule has 0 aromatic carbocycles. The Morgan fingerprint density at radius 2 is 1.40 bits per heavy atom. The number of hydrogen-bond donors (Lipinski definition) is 11. The molecule has 0 aliphatic carbocycles. The van der Waals surface area contributed by atoms with E-state index in [4.69, 9.17) is 18.9 Å². The minimum Gasteiger partial charge on any atom is -0.394 e. The van der Waals surface area contributed by atoms with Crippen LogP contribution in [0.5, 0.6) is 0 Å². The van der Waals surface area contributed by atoms with E-state index >= 15 is 0 Å². The Kier molecular flexibility index (Phi) is 20.8. The van der Waals surface area contributed by atoms with E-state index in [0.717, 1.165) is 49.4 Å². The van der Waals surface area contributed by atoms with E-state index in [1.165, 1.54) is 38.2 Å². The Labute approximate surface area is 352 Å². The number of carbonyl (C=O) groups is 2. The molecule has 3 aliphatic heterocycles. The summed E-state index contributed by atoms with van der Waals surface area (Å²) in [6, 6.07) is -2.01. The van der Waals surface area contributed by atoms with Gasteiger partial charge in [-0.1, -0.05) is 64.4 Å². The summed E-state index contributed by atoms with van der Waals surface area (Å²) in [4.78, 5) is 51.0. The van der Waals surface area contributed by atoms with Gasteiger partial charge in [-0.25, -0.2) is 4.79 Å². The first-order valence-electron chi connectivity index (χ1n) is 19.7. The zero-order valence-electron chi connectivity index (χ0n) is 32.6. The number of unbranched alkanes of at least 4 members (excludes halogenated alkanes) is 9. The molecule has 3 saturated heterocycles. The van der Waals surface area contributed by atoms with Crippen LogP contribution in [-0.4, -0.2) is 155 Å². The fraction of sp³-hybridized carbons (Fsp3) is 0.784. The molecule has 0 unspecified atom stereocenters. The van der Waals surface area contributed by atoms with E-state index in [1.54, 1.807) is 6.08 Å². The highest BCUT2D eigenvalue weighted by Crippen LogP contribution is 2.34. The number of nitrogens with zero attached hydrogens (tertiary/aromatic N) is 1. The summed E-state index contributed by atoms with van der Waals surface area (Å²) in [5, 5.41) is 91.3. The van der Waals surface area contributed by atoms with Crippen molar-refractivity contribution in [2.24, 2.45) is 0 Å². The van der Waals surface area contributed by atoms with E-state index < -0.39 is 128 Å². The van der Waals surface area contributed by atoms with Crippen LogP contribution in [0, 0.1) is 0 Å². The largest absolute Gasteiger partial charge is 0.394 e. The van der Waals surface area contributed by atoms with Crippen molar-refractivity contribution in [2.75, 3.05) is 6.61 Å². The van der Waals surface area contributed by atoms with Crippen LogP contribution in [0.1, 0.15) is 90.7 Å². The summed E-state index contributed by atoms with van der Waals surface area (Å²) in [5.41, 5.74) is -1.68. The molecule has 0 saturated carbocycles. The van der Waals surface area contributed by atoms with Crippen molar-refractivity contribution in [1.82, 2.24) is 20.2 Å². The number of aliphatic hydroxyl groups is 8. The highest BCUT2D eigenvalue weighted by atomic mass is 127. The molecular formula is C37H60IN4O16. The van der Waals surface area contributed by atoms with Crippen LogP contribution in [-0.2, 0) is 28.5 Å². The van der Waals surface area contributed by atoms with Crippen LogP contribution in [0.3, 0.4) is 0 Å². The van der Waals surface area contributed by atoms with E-state index in [1.807, 2.05) is 4.98 Å². The zero-order valence-corrected chi connectivity index (χ0v) is 34.8. The number of aromatic amines is 1. The van der Waals surface area contributed by atoms with Gasteiger partial charge in [0.1, 0.15) is 60.9 Å². The predicted octanol–water partition coefficient (Wildman–Crippen LogP) is -1.84. The van der Waals surface area contributed by atoms with Gasteiger partial charge in [-0.05, 0) is 18.9 Å². The molecule has 1 radical (unpaired) electrons. The first-order valence-corrected chi connectivity index (χ1v) is 19.7. The number of hydrogen-bond acceptors (Lipinski definition) is 16. The predicted molar refractivity (Wildman–Crippen MR) is 212 cm³/mol. The first-order chi connectivity index (χ1) is 27.2. The molecule has 11 N–H and O–H groups in total. The Hall–Kier alpha value is -2.39. The number of nitrogens with one attached hydrogen (secondary N) is 3. The molecule has 0 spiro atoms. The maximum Gasteiger partial charge on any atom is 0.330 e. The quantitative estimate of drug-likeness (QED) is 0.0389. The van der Waals surface area contributed by atoms with Gasteiger partial charge in [0, 0.05) is 49.6 Å². The Bertz CT molecular complexity index is 1570. The molecule has 4 rings (SSSR count). The molecule has 1 aromatic heterocycles. The van der Waals surface area contributed by atoms with Crippen molar-refractivity contribution in [3.8, 4) is 0 Å². The van der Waals surface area contributed by atoms with Crippen molar-refractivity contribution < 1.29 is 69.4 Å². The Morgan fingerprint density at radius 3 is 1.98 bits per heavy atom.